The van der Waals surface area contributed by atoms with Crippen molar-refractivity contribution >= 4 is 44.4 Å². The van der Waals surface area contributed by atoms with Crippen LogP contribution in [0.2, 0.25) is 0 Å². The molecular formula is C20H22N4O5S2. The van der Waals surface area contributed by atoms with Crippen LogP contribution in [0.5, 0.6) is 11.5 Å². The van der Waals surface area contributed by atoms with Crippen molar-refractivity contribution in [2.45, 2.75) is 17.7 Å². The number of carbonyl (C=O) groups excluding carboxylic acids is 1. The second-order valence-corrected chi connectivity index (χ2v) is 9.62. The van der Waals surface area contributed by atoms with Crippen LogP contribution in [-0.2, 0) is 14.8 Å². The monoisotopic (exact) mass is 462 g/mol. The van der Waals surface area contributed by atoms with Crippen molar-refractivity contribution in [3.05, 3.63) is 36.4 Å². The number of ether oxygens (including phenoxy) is 2. The first-order valence-electron chi connectivity index (χ1n) is 9.67. The van der Waals surface area contributed by atoms with Crippen LogP contribution >= 0.6 is 11.7 Å². The highest BCUT2D eigenvalue weighted by Crippen LogP contribution is 2.30. The van der Waals surface area contributed by atoms with Gasteiger partial charge in [0.15, 0.2) is 0 Å². The molecule has 0 aliphatic carbocycles. The Morgan fingerprint density at radius 3 is 2.61 bits per heavy atom. The molecule has 3 aromatic rings. The lowest BCUT2D eigenvalue weighted by Crippen LogP contribution is -2.43. The predicted octanol–water partition coefficient (Wildman–Crippen LogP) is 2.75. The molecule has 1 atom stereocenters. The lowest BCUT2D eigenvalue weighted by molar-refractivity contribution is -0.120. The number of sulfonamides is 1. The number of piperidine rings is 1. The number of rotatable bonds is 6. The molecule has 164 valence electrons. The molecule has 2 heterocycles. The summed E-state index contributed by atoms with van der Waals surface area (Å²) in [6.45, 7) is 0.455. The largest absolute Gasteiger partial charge is 0.497 e. The Bertz CT molecular complexity index is 1190. The summed E-state index contributed by atoms with van der Waals surface area (Å²) in [5, 5.41) is 2.86. The summed E-state index contributed by atoms with van der Waals surface area (Å²) in [5.41, 5.74) is 1.44. The Morgan fingerprint density at radius 2 is 1.90 bits per heavy atom. The maximum absolute atomic E-state index is 13.3. The Hall–Kier alpha value is -2.76. The Morgan fingerprint density at radius 1 is 1.16 bits per heavy atom. The maximum Gasteiger partial charge on any atom is 0.245 e. The number of nitrogens with one attached hydrogen (secondary N) is 1. The first-order chi connectivity index (χ1) is 14.9. The van der Waals surface area contributed by atoms with E-state index in [1.54, 1.807) is 30.3 Å². The molecule has 31 heavy (non-hydrogen) atoms. The van der Waals surface area contributed by atoms with E-state index in [1.807, 2.05) is 0 Å². The zero-order chi connectivity index (χ0) is 22.0. The van der Waals surface area contributed by atoms with Gasteiger partial charge in [0.25, 0.3) is 0 Å². The number of hydrogen-bond donors (Lipinski definition) is 1. The predicted molar refractivity (Wildman–Crippen MR) is 117 cm³/mol. The molecule has 11 heteroatoms. The third-order valence-corrected chi connectivity index (χ3v) is 7.68. The van der Waals surface area contributed by atoms with Gasteiger partial charge in [-0.15, -0.1) is 0 Å². The minimum Gasteiger partial charge on any atom is -0.497 e. The summed E-state index contributed by atoms with van der Waals surface area (Å²) >= 11 is 0.975. The van der Waals surface area contributed by atoms with Gasteiger partial charge in [-0.25, -0.2) is 8.42 Å². The van der Waals surface area contributed by atoms with Gasteiger partial charge < -0.3 is 14.8 Å². The van der Waals surface area contributed by atoms with Crippen molar-refractivity contribution in [3.8, 4) is 11.5 Å². The van der Waals surface area contributed by atoms with E-state index in [0.29, 0.717) is 47.6 Å². The molecule has 0 saturated carbocycles. The zero-order valence-corrected chi connectivity index (χ0v) is 18.7. The molecule has 1 aliphatic heterocycles. The SMILES string of the molecule is COc1cc(NC(=O)[C@@H]2CCCN(S(=O)(=O)c3cccc4nsnc34)C2)cc(OC)c1. The highest BCUT2D eigenvalue weighted by Gasteiger charge is 2.34. The van der Waals surface area contributed by atoms with Crippen molar-refractivity contribution in [2.75, 3.05) is 32.6 Å². The molecular weight excluding hydrogens is 440 g/mol. The van der Waals surface area contributed by atoms with Gasteiger partial charge in [0.2, 0.25) is 15.9 Å². The summed E-state index contributed by atoms with van der Waals surface area (Å²) in [6, 6.07) is 10.00. The normalized spacial score (nSPS) is 17.4. The zero-order valence-electron chi connectivity index (χ0n) is 17.1. The van der Waals surface area contributed by atoms with Crippen LogP contribution in [-0.4, -0.2) is 54.7 Å². The van der Waals surface area contributed by atoms with Crippen LogP contribution in [0.4, 0.5) is 5.69 Å². The molecule has 1 saturated heterocycles. The number of carbonyl (C=O) groups is 1. The number of anilines is 1. The van der Waals surface area contributed by atoms with Gasteiger partial charge in [0, 0.05) is 37.0 Å². The number of aromatic nitrogens is 2. The van der Waals surface area contributed by atoms with Crippen LogP contribution in [0.15, 0.2) is 41.3 Å². The van der Waals surface area contributed by atoms with Crippen LogP contribution in [0.25, 0.3) is 11.0 Å². The lowest BCUT2D eigenvalue weighted by Gasteiger charge is -2.31. The molecule has 0 bridgehead atoms. The van der Waals surface area contributed by atoms with E-state index in [-0.39, 0.29) is 17.3 Å². The number of hydrogen-bond acceptors (Lipinski definition) is 8. The third-order valence-electron chi connectivity index (χ3n) is 5.24. The van der Waals surface area contributed by atoms with Crippen LogP contribution in [0.3, 0.4) is 0 Å². The van der Waals surface area contributed by atoms with Gasteiger partial charge >= 0.3 is 0 Å². The smallest absolute Gasteiger partial charge is 0.245 e. The van der Waals surface area contributed by atoms with E-state index in [9.17, 15) is 13.2 Å². The quantitative estimate of drug-likeness (QED) is 0.600. The van der Waals surface area contributed by atoms with Gasteiger partial charge in [-0.1, -0.05) is 6.07 Å². The molecule has 0 spiro atoms. The molecule has 1 fully saturated rings. The first-order valence-corrected chi connectivity index (χ1v) is 11.8. The Labute approximate surface area is 184 Å². The van der Waals surface area contributed by atoms with Gasteiger partial charge in [-0.2, -0.15) is 13.1 Å². The average molecular weight is 463 g/mol. The number of fused-ring (bicyclic) bond motifs is 1. The standard InChI is InChI=1S/C20H22N4O5S2/c1-28-15-9-14(10-16(11-15)29-2)21-20(25)13-5-4-8-24(12-13)31(26,27)18-7-3-6-17-19(18)23-30-22-17/h3,6-7,9-11,13H,4-5,8,12H2,1-2H3,(H,21,25)/t13-/m1/s1. The Kier molecular flexibility index (Phi) is 6.08. The lowest BCUT2D eigenvalue weighted by atomic mass is 9.98. The molecule has 4 rings (SSSR count). The maximum atomic E-state index is 13.3. The highest BCUT2D eigenvalue weighted by molar-refractivity contribution is 7.89. The topological polar surface area (TPSA) is 111 Å². The average Bonchev–Trinajstić information content (AvgIpc) is 3.27. The molecule has 1 N–H and O–H groups in total. The summed E-state index contributed by atoms with van der Waals surface area (Å²) < 4.78 is 46.7. The van der Waals surface area contributed by atoms with Crippen LogP contribution < -0.4 is 14.8 Å². The molecule has 1 aromatic heterocycles. The van der Waals surface area contributed by atoms with E-state index in [4.69, 9.17) is 9.47 Å². The second kappa shape index (κ2) is 8.77. The molecule has 0 radical (unpaired) electrons. The highest BCUT2D eigenvalue weighted by atomic mass is 32.2. The second-order valence-electron chi connectivity index (χ2n) is 7.18. The van der Waals surface area contributed by atoms with E-state index in [0.717, 1.165) is 11.7 Å². The van der Waals surface area contributed by atoms with Gasteiger partial charge in [-0.05, 0) is 25.0 Å². The van der Waals surface area contributed by atoms with E-state index in [1.165, 1.54) is 24.6 Å². The summed E-state index contributed by atoms with van der Waals surface area (Å²) in [7, 11) is -0.741. The van der Waals surface area contributed by atoms with Crippen molar-refractivity contribution in [1.82, 2.24) is 13.1 Å². The van der Waals surface area contributed by atoms with Gasteiger partial charge in [0.1, 0.15) is 27.4 Å². The Balaban J connectivity index is 1.53. The minimum atomic E-state index is -3.80. The number of amides is 1. The first kappa shape index (κ1) is 21.5. The fourth-order valence-electron chi connectivity index (χ4n) is 3.63. The summed E-state index contributed by atoms with van der Waals surface area (Å²) in [4.78, 5) is 13.0. The van der Waals surface area contributed by atoms with E-state index >= 15 is 0 Å². The van der Waals surface area contributed by atoms with Gasteiger partial charge in [0.05, 0.1) is 31.9 Å². The minimum absolute atomic E-state index is 0.100. The van der Waals surface area contributed by atoms with E-state index < -0.39 is 15.9 Å². The van der Waals surface area contributed by atoms with Crippen molar-refractivity contribution in [2.24, 2.45) is 5.92 Å². The fourth-order valence-corrected chi connectivity index (χ4v) is 5.90. The summed E-state index contributed by atoms with van der Waals surface area (Å²) in [5.74, 6) is 0.372. The van der Waals surface area contributed by atoms with E-state index in [2.05, 4.69) is 14.1 Å². The van der Waals surface area contributed by atoms with Crippen molar-refractivity contribution in [3.63, 3.8) is 0 Å². The molecule has 1 amide bonds. The molecule has 0 unspecified atom stereocenters. The number of nitrogens with zero attached hydrogens (tertiary/aromatic N) is 3. The molecule has 9 nitrogen and oxygen atoms in total. The van der Waals surface area contributed by atoms with Crippen LogP contribution in [0.1, 0.15) is 12.8 Å². The van der Waals surface area contributed by atoms with Crippen molar-refractivity contribution in [1.29, 1.82) is 0 Å². The van der Waals surface area contributed by atoms with Gasteiger partial charge in [-0.3, -0.25) is 4.79 Å². The molecule has 1 aliphatic rings. The fraction of sp³-hybridized carbons (Fsp3) is 0.350. The van der Waals surface area contributed by atoms with Crippen molar-refractivity contribution < 1.29 is 22.7 Å². The van der Waals surface area contributed by atoms with Crippen LogP contribution in [0, 0.1) is 5.92 Å². The summed E-state index contributed by atoms with van der Waals surface area (Å²) in [6.07, 6.45) is 1.19. The molecule has 2 aromatic carbocycles. The number of benzene rings is 2. The number of methoxy groups -OCH3 is 2. The third kappa shape index (κ3) is 4.34.